The van der Waals surface area contributed by atoms with Crippen LogP contribution in [0.25, 0.3) is 11.3 Å². The molecule has 2 aromatic rings. The van der Waals surface area contributed by atoms with E-state index in [-0.39, 0.29) is 29.3 Å². The van der Waals surface area contributed by atoms with Crippen LogP contribution in [0, 0.1) is 11.8 Å². The molecular formula is C22H26BrNO4. The lowest BCUT2D eigenvalue weighted by Gasteiger charge is -2.32. The SMILES string of the molecule is CC(C)N(c1oc(-c2ccc(Br)cc2)cc1C(=O)O)C(=O)[C@H]1CC[C@H](C)CC1. The smallest absolute Gasteiger partial charge is 0.341 e. The first-order chi connectivity index (χ1) is 13.3. The summed E-state index contributed by atoms with van der Waals surface area (Å²) in [6.45, 7) is 5.98. The molecule has 1 aliphatic carbocycles. The van der Waals surface area contributed by atoms with Crippen molar-refractivity contribution in [2.75, 3.05) is 4.90 Å². The summed E-state index contributed by atoms with van der Waals surface area (Å²) in [4.78, 5) is 26.7. The molecule has 1 fully saturated rings. The molecule has 1 aromatic carbocycles. The molecule has 3 rings (SSSR count). The number of carbonyl (C=O) groups excluding carboxylic acids is 1. The van der Waals surface area contributed by atoms with Gasteiger partial charge in [-0.3, -0.25) is 9.69 Å². The van der Waals surface area contributed by atoms with Crippen molar-refractivity contribution in [3.8, 4) is 11.3 Å². The number of benzene rings is 1. The van der Waals surface area contributed by atoms with Crippen molar-refractivity contribution in [2.24, 2.45) is 11.8 Å². The van der Waals surface area contributed by atoms with Gasteiger partial charge in [-0.2, -0.15) is 0 Å². The van der Waals surface area contributed by atoms with Gasteiger partial charge < -0.3 is 9.52 Å². The van der Waals surface area contributed by atoms with Crippen LogP contribution in [0.2, 0.25) is 0 Å². The van der Waals surface area contributed by atoms with Crippen molar-refractivity contribution in [1.29, 1.82) is 0 Å². The quantitative estimate of drug-likeness (QED) is 0.611. The largest absolute Gasteiger partial charge is 0.477 e. The summed E-state index contributed by atoms with van der Waals surface area (Å²) in [7, 11) is 0. The number of furan rings is 1. The van der Waals surface area contributed by atoms with Crippen LogP contribution in [0.15, 0.2) is 39.2 Å². The van der Waals surface area contributed by atoms with Crippen LogP contribution in [0.5, 0.6) is 0 Å². The molecule has 1 amide bonds. The number of hydrogen-bond donors (Lipinski definition) is 1. The number of carboxylic acids is 1. The van der Waals surface area contributed by atoms with E-state index in [0.717, 1.165) is 35.7 Å². The maximum absolute atomic E-state index is 13.3. The lowest BCUT2D eigenvalue weighted by atomic mass is 9.82. The zero-order valence-electron chi connectivity index (χ0n) is 16.4. The Labute approximate surface area is 173 Å². The van der Waals surface area contributed by atoms with Gasteiger partial charge in [0.15, 0.2) is 0 Å². The molecule has 0 spiro atoms. The van der Waals surface area contributed by atoms with Gasteiger partial charge in [-0.1, -0.05) is 35.0 Å². The van der Waals surface area contributed by atoms with Gasteiger partial charge in [0, 0.05) is 28.1 Å². The van der Waals surface area contributed by atoms with Crippen molar-refractivity contribution in [2.45, 2.75) is 52.5 Å². The second-order valence-electron chi connectivity index (χ2n) is 7.90. The van der Waals surface area contributed by atoms with E-state index in [1.165, 1.54) is 11.0 Å². The van der Waals surface area contributed by atoms with Crippen LogP contribution in [0.3, 0.4) is 0 Å². The molecule has 5 nitrogen and oxygen atoms in total. The van der Waals surface area contributed by atoms with Crippen molar-refractivity contribution in [3.05, 3.63) is 40.4 Å². The number of carbonyl (C=O) groups is 2. The second kappa shape index (κ2) is 8.52. The maximum atomic E-state index is 13.3. The molecule has 6 heteroatoms. The molecular weight excluding hydrogens is 422 g/mol. The normalized spacial score (nSPS) is 19.6. The summed E-state index contributed by atoms with van der Waals surface area (Å²) in [6.07, 6.45) is 3.73. The number of amides is 1. The minimum atomic E-state index is -1.10. The molecule has 1 aliphatic rings. The van der Waals surface area contributed by atoms with Crippen molar-refractivity contribution < 1.29 is 19.1 Å². The van der Waals surface area contributed by atoms with Crippen LogP contribution < -0.4 is 4.90 Å². The van der Waals surface area contributed by atoms with E-state index >= 15 is 0 Å². The first-order valence-corrected chi connectivity index (χ1v) is 10.5. The number of rotatable bonds is 5. The van der Waals surface area contributed by atoms with Crippen LogP contribution in [-0.4, -0.2) is 23.0 Å². The van der Waals surface area contributed by atoms with E-state index in [2.05, 4.69) is 22.9 Å². The number of halogens is 1. The Balaban J connectivity index is 1.99. The standard InChI is InChI=1S/C22H26BrNO4/c1-13(2)24(20(25)16-6-4-14(3)5-7-16)21-18(22(26)27)12-19(28-21)15-8-10-17(23)11-9-15/h8-14,16H,4-7H2,1-3H3,(H,26,27)/t14-,16-. The molecule has 1 saturated carbocycles. The Hall–Kier alpha value is -2.08. The monoisotopic (exact) mass is 447 g/mol. The zero-order chi connectivity index (χ0) is 20.4. The van der Waals surface area contributed by atoms with Gasteiger partial charge in [0.1, 0.15) is 11.3 Å². The Kier molecular flexibility index (Phi) is 6.28. The Morgan fingerprint density at radius 1 is 1.14 bits per heavy atom. The Bertz CT molecular complexity index is 848. The number of aromatic carboxylic acids is 1. The molecule has 1 N–H and O–H groups in total. The fraction of sp³-hybridized carbons (Fsp3) is 0.455. The van der Waals surface area contributed by atoms with Crippen LogP contribution in [0.4, 0.5) is 5.88 Å². The summed E-state index contributed by atoms with van der Waals surface area (Å²) < 4.78 is 6.89. The highest BCUT2D eigenvalue weighted by Gasteiger charge is 2.34. The molecule has 0 saturated heterocycles. The molecule has 1 heterocycles. The van der Waals surface area contributed by atoms with Gasteiger partial charge in [-0.15, -0.1) is 0 Å². The molecule has 0 radical (unpaired) electrons. The predicted molar refractivity (Wildman–Crippen MR) is 113 cm³/mol. The van der Waals surface area contributed by atoms with E-state index < -0.39 is 5.97 Å². The molecule has 150 valence electrons. The Morgan fingerprint density at radius 3 is 2.29 bits per heavy atom. The maximum Gasteiger partial charge on any atom is 0.341 e. The van der Waals surface area contributed by atoms with Crippen molar-refractivity contribution in [1.82, 2.24) is 0 Å². The number of hydrogen-bond acceptors (Lipinski definition) is 3. The third-order valence-electron chi connectivity index (χ3n) is 5.41. The van der Waals surface area contributed by atoms with Crippen LogP contribution >= 0.6 is 15.9 Å². The number of nitrogens with zero attached hydrogens (tertiary/aromatic N) is 1. The number of carboxylic acid groups (broad SMARTS) is 1. The fourth-order valence-electron chi connectivity index (χ4n) is 3.76. The van der Waals surface area contributed by atoms with E-state index in [0.29, 0.717) is 11.7 Å². The van der Waals surface area contributed by atoms with Gasteiger partial charge >= 0.3 is 5.97 Å². The highest BCUT2D eigenvalue weighted by molar-refractivity contribution is 9.10. The molecule has 0 unspecified atom stereocenters. The minimum absolute atomic E-state index is 0.0177. The van der Waals surface area contributed by atoms with E-state index in [9.17, 15) is 14.7 Å². The van der Waals surface area contributed by atoms with E-state index in [4.69, 9.17) is 4.42 Å². The highest BCUT2D eigenvalue weighted by Crippen LogP contribution is 2.36. The third-order valence-corrected chi connectivity index (χ3v) is 5.94. The summed E-state index contributed by atoms with van der Waals surface area (Å²) in [6, 6.07) is 8.74. The average molecular weight is 448 g/mol. The first-order valence-electron chi connectivity index (χ1n) is 9.74. The predicted octanol–water partition coefficient (Wildman–Crippen LogP) is 5.98. The van der Waals surface area contributed by atoms with Gasteiger partial charge in [0.2, 0.25) is 11.8 Å². The van der Waals surface area contributed by atoms with Gasteiger partial charge in [0.05, 0.1) is 0 Å². The first kappa shape index (κ1) is 20.6. The molecule has 1 aromatic heterocycles. The molecule has 0 bridgehead atoms. The molecule has 28 heavy (non-hydrogen) atoms. The lowest BCUT2D eigenvalue weighted by Crippen LogP contribution is -2.42. The zero-order valence-corrected chi connectivity index (χ0v) is 18.0. The van der Waals surface area contributed by atoms with Crippen molar-refractivity contribution >= 4 is 33.7 Å². The van der Waals surface area contributed by atoms with Crippen molar-refractivity contribution in [3.63, 3.8) is 0 Å². The number of anilines is 1. The summed E-state index contributed by atoms with van der Waals surface area (Å²) in [5.41, 5.74) is 0.781. The van der Waals surface area contributed by atoms with Gasteiger partial charge in [0.25, 0.3) is 0 Å². The Morgan fingerprint density at radius 2 is 1.75 bits per heavy atom. The van der Waals surface area contributed by atoms with Crippen LogP contribution in [-0.2, 0) is 4.79 Å². The average Bonchev–Trinajstić information content (AvgIpc) is 3.07. The minimum Gasteiger partial charge on any atom is -0.477 e. The van der Waals surface area contributed by atoms with Crippen LogP contribution in [0.1, 0.15) is 56.8 Å². The van der Waals surface area contributed by atoms with Gasteiger partial charge in [-0.25, -0.2) is 4.79 Å². The fourth-order valence-corrected chi connectivity index (χ4v) is 4.03. The van der Waals surface area contributed by atoms with E-state index in [1.54, 1.807) is 0 Å². The third kappa shape index (κ3) is 4.32. The molecule has 0 atom stereocenters. The highest BCUT2D eigenvalue weighted by atomic mass is 79.9. The van der Waals surface area contributed by atoms with Gasteiger partial charge in [-0.05, 0) is 57.6 Å². The summed E-state index contributed by atoms with van der Waals surface area (Å²) in [5, 5.41) is 9.72. The molecule has 0 aliphatic heterocycles. The lowest BCUT2D eigenvalue weighted by molar-refractivity contribution is -0.124. The summed E-state index contributed by atoms with van der Waals surface area (Å²) >= 11 is 3.39. The summed E-state index contributed by atoms with van der Waals surface area (Å²) in [5.74, 6) is -0.0150. The topological polar surface area (TPSA) is 70.8 Å². The van der Waals surface area contributed by atoms with E-state index in [1.807, 2.05) is 38.1 Å². The second-order valence-corrected chi connectivity index (χ2v) is 8.82.